The van der Waals surface area contributed by atoms with Gasteiger partial charge in [-0.25, -0.2) is 0 Å². The van der Waals surface area contributed by atoms with Crippen LogP contribution in [0.3, 0.4) is 0 Å². The Hall–Kier alpha value is -5.38. The van der Waals surface area contributed by atoms with Crippen molar-refractivity contribution in [2.24, 2.45) is 29.6 Å². The molecular weight excluding hydrogens is 1140 g/mol. The van der Waals surface area contributed by atoms with E-state index in [9.17, 15) is 87.1 Å². The summed E-state index contributed by atoms with van der Waals surface area (Å²) in [6.45, 7) is 14.9. The number of nitrogens with one attached hydrogen (secondary N) is 7. The standard InChI is InChI=1S/C52H84ClN7O22S/c1-13-21(3)37-48(72)54-18-35(66)55-26(8)38(49(73)60-40(51(75)58-37)30-16-32(82-83(76,77)78)24(6)42(68)36(30)53)59-47(71)27(9)56-50(74)39(28(10)62)57-34(65)17-31(64)22(4)14-20(2)15-23(5)41(67)25(7)45(29(11)63)81-52-44(70)43(69)46(79-12)33(19-61)80-52/h16,20-23,25-29,33,37-41,43-46,52,61-63,67-70H,13-15,17-19H2,1-12H3,(H,54,72)(H,55,66)(H,56,74)(H,57,65)(H,58,75)(H,59,71)(H,60,73)(H,76,77,78)/t20-,21-,22-,23+,25-,26+,27-,28+,29-,33+,37-,38+,39+,40+,41-,43+,44+,45+,46+,52+/m0/s1. The number of benzene rings is 1. The molecule has 15 N–H and O–H groups in total. The Morgan fingerprint density at radius 2 is 1.51 bits per heavy atom. The largest absolute Gasteiger partial charge is 0.506 e. The lowest BCUT2D eigenvalue weighted by Crippen LogP contribution is -2.62. The number of aliphatic hydroxyl groups is 6. The zero-order chi connectivity index (χ0) is 63.3. The van der Waals surface area contributed by atoms with Crippen molar-refractivity contribution in [1.29, 1.82) is 0 Å². The van der Waals surface area contributed by atoms with Crippen LogP contribution in [-0.4, -0.2) is 201 Å². The highest BCUT2D eigenvalue weighted by atomic mass is 35.5. The van der Waals surface area contributed by atoms with Gasteiger partial charge in [0.05, 0.1) is 55.1 Å². The minimum atomic E-state index is -5.26. The summed E-state index contributed by atoms with van der Waals surface area (Å²) in [5, 5.41) is 90.7. The van der Waals surface area contributed by atoms with Crippen LogP contribution in [0, 0.1) is 36.5 Å². The van der Waals surface area contributed by atoms with E-state index in [0.29, 0.717) is 12.8 Å². The van der Waals surface area contributed by atoms with Crippen molar-refractivity contribution in [3.8, 4) is 11.5 Å². The van der Waals surface area contributed by atoms with Crippen LogP contribution in [0.5, 0.6) is 11.5 Å². The van der Waals surface area contributed by atoms with Gasteiger partial charge in [-0.15, -0.1) is 0 Å². The van der Waals surface area contributed by atoms with Gasteiger partial charge in [-0.1, -0.05) is 59.6 Å². The maximum atomic E-state index is 14.4. The van der Waals surface area contributed by atoms with Gasteiger partial charge >= 0.3 is 10.4 Å². The Kier molecular flexibility index (Phi) is 27.4. The van der Waals surface area contributed by atoms with E-state index >= 15 is 0 Å². The number of phenolic OH excluding ortho intramolecular Hbond substituents is 1. The Balaban J connectivity index is 1.75. The van der Waals surface area contributed by atoms with Crippen molar-refractivity contribution in [1.82, 2.24) is 37.2 Å². The number of aliphatic hydroxyl groups excluding tert-OH is 6. The van der Waals surface area contributed by atoms with E-state index in [1.54, 1.807) is 34.6 Å². The molecule has 1 aromatic rings. The van der Waals surface area contributed by atoms with Gasteiger partial charge < -0.3 is 91.4 Å². The maximum absolute atomic E-state index is 14.4. The van der Waals surface area contributed by atoms with Crippen LogP contribution in [0.4, 0.5) is 0 Å². The molecule has 0 spiro atoms. The van der Waals surface area contributed by atoms with Crippen LogP contribution < -0.4 is 41.4 Å². The number of amides is 7. The quantitative estimate of drug-likeness (QED) is 0.0339. The van der Waals surface area contributed by atoms with Crippen molar-refractivity contribution in [3.63, 3.8) is 0 Å². The summed E-state index contributed by atoms with van der Waals surface area (Å²) in [6, 6.07) is -9.16. The molecule has 1 aromatic carbocycles. The zero-order valence-electron chi connectivity index (χ0n) is 48.4. The van der Waals surface area contributed by atoms with Crippen LogP contribution in [-0.2, 0) is 63.0 Å². The normalized spacial score (nSPS) is 27.0. The van der Waals surface area contributed by atoms with Crippen molar-refractivity contribution < 1.29 is 105 Å². The average molecular weight is 1230 g/mol. The van der Waals surface area contributed by atoms with E-state index < -0.39 is 214 Å². The van der Waals surface area contributed by atoms with E-state index in [-0.39, 0.29) is 17.9 Å². The first kappa shape index (κ1) is 71.9. The summed E-state index contributed by atoms with van der Waals surface area (Å²) in [5.41, 5.74) is -0.854. The second kappa shape index (κ2) is 31.7. The second-order valence-electron chi connectivity index (χ2n) is 21.8. The van der Waals surface area contributed by atoms with E-state index in [1.165, 1.54) is 21.0 Å². The number of Topliss-reactive ketones (excluding diaryl/α,β-unsaturated/α-hetero) is 1. The van der Waals surface area contributed by atoms with Crippen LogP contribution in [0.2, 0.25) is 5.02 Å². The number of hydrogen-bond acceptors (Lipinski definition) is 21. The number of rotatable bonds is 26. The average Bonchev–Trinajstić information content (AvgIpc) is 3.65. The summed E-state index contributed by atoms with van der Waals surface area (Å²) in [4.78, 5) is 109. The molecule has 29 nitrogen and oxygen atoms in total. The number of hydrogen-bond donors (Lipinski definition) is 15. The van der Waals surface area contributed by atoms with Crippen molar-refractivity contribution in [3.05, 3.63) is 22.2 Å². The van der Waals surface area contributed by atoms with E-state index in [0.717, 1.165) is 26.8 Å². The van der Waals surface area contributed by atoms with Crippen molar-refractivity contribution >= 4 is 69.1 Å². The highest BCUT2D eigenvalue weighted by molar-refractivity contribution is 7.81. The lowest BCUT2D eigenvalue weighted by molar-refractivity contribution is -0.325. The summed E-state index contributed by atoms with van der Waals surface area (Å²) >= 11 is 6.48. The molecule has 2 heterocycles. The van der Waals surface area contributed by atoms with Gasteiger partial charge in [0.1, 0.15) is 66.2 Å². The van der Waals surface area contributed by atoms with Crippen LogP contribution in [0.1, 0.15) is 112 Å². The van der Waals surface area contributed by atoms with Gasteiger partial charge in [-0.05, 0) is 71.3 Å². The Labute approximate surface area is 487 Å². The molecule has 0 unspecified atom stereocenters. The predicted molar refractivity (Wildman–Crippen MR) is 293 cm³/mol. The molecule has 20 atom stereocenters. The van der Waals surface area contributed by atoms with Gasteiger partial charge in [0.15, 0.2) is 12.0 Å². The number of carbonyl (C=O) groups excluding carboxylic acids is 8. The smallest absolute Gasteiger partial charge is 0.446 e. The molecule has 2 aliphatic rings. The number of carbonyl (C=O) groups is 8. The summed E-state index contributed by atoms with van der Waals surface area (Å²) in [5.74, 6) is -12.2. The van der Waals surface area contributed by atoms with Gasteiger partial charge in [0, 0.05) is 30.1 Å². The molecule has 2 saturated heterocycles. The molecule has 7 amide bonds. The maximum Gasteiger partial charge on any atom is 0.446 e. The Bertz CT molecular complexity index is 2560. The van der Waals surface area contributed by atoms with Crippen LogP contribution in [0.25, 0.3) is 0 Å². The number of methoxy groups -OCH3 is 1. The predicted octanol–water partition coefficient (Wildman–Crippen LogP) is -2.42. The number of aromatic hydroxyl groups is 1. The Morgan fingerprint density at radius 3 is 2.06 bits per heavy atom. The van der Waals surface area contributed by atoms with Crippen LogP contribution >= 0.6 is 11.6 Å². The van der Waals surface area contributed by atoms with Gasteiger partial charge in [-0.3, -0.25) is 42.9 Å². The SMILES string of the molecule is CC[C@H](C)[C@@H]1NC(=O)[C@@H](c2cc(OS(=O)(=O)O)c(C)c(O)c2Cl)NC(=O)[C@H](NC(=O)[C@H](C)NC(=O)[C@H](NC(=O)CC(=O)[C@@H](C)C[C@H](C)C[C@@H](C)[C@H](O)[C@H](C)[C@@H](O[C@H]2O[C@H](CO)[C@@H](OC)[C@H](O)[C@H]2O)[C@H](C)O)[C@@H](C)O)[C@@H](C)NC(=O)CNC1=O. The van der Waals surface area contributed by atoms with Crippen LogP contribution in [0.15, 0.2) is 6.07 Å². The minimum Gasteiger partial charge on any atom is -0.506 e. The first-order chi connectivity index (χ1) is 38.5. The first-order valence-corrected chi connectivity index (χ1v) is 28.9. The fraction of sp³-hybridized carbons (Fsp3) is 0.731. The third-order valence-corrected chi connectivity index (χ3v) is 15.7. The monoisotopic (exact) mass is 1230 g/mol. The van der Waals surface area contributed by atoms with E-state index in [4.69, 9.17) is 25.8 Å². The molecule has 0 radical (unpaired) electrons. The molecule has 31 heteroatoms. The van der Waals surface area contributed by atoms with E-state index in [2.05, 4.69) is 41.4 Å². The van der Waals surface area contributed by atoms with Crippen molar-refractivity contribution in [2.45, 2.75) is 193 Å². The second-order valence-corrected chi connectivity index (χ2v) is 23.2. The number of halogens is 1. The van der Waals surface area contributed by atoms with Gasteiger partial charge in [0.2, 0.25) is 41.4 Å². The summed E-state index contributed by atoms with van der Waals surface area (Å²) in [7, 11) is -3.99. The molecule has 472 valence electrons. The topological polar surface area (TPSA) is 454 Å². The molecule has 0 aliphatic carbocycles. The number of ether oxygens (including phenoxy) is 3. The summed E-state index contributed by atoms with van der Waals surface area (Å²) in [6.07, 6.45) is -11.6. The molecule has 0 bridgehead atoms. The lowest BCUT2D eigenvalue weighted by Gasteiger charge is -2.44. The highest BCUT2D eigenvalue weighted by Gasteiger charge is 2.48. The third-order valence-electron chi connectivity index (χ3n) is 15.0. The third kappa shape index (κ3) is 19.8. The van der Waals surface area contributed by atoms with Crippen molar-refractivity contribution in [2.75, 3.05) is 20.3 Å². The molecule has 2 aliphatic heterocycles. The van der Waals surface area contributed by atoms with E-state index in [1.807, 2.05) is 6.92 Å². The lowest BCUT2D eigenvalue weighted by atomic mass is 9.80. The molecule has 83 heavy (non-hydrogen) atoms. The molecule has 0 aromatic heterocycles. The fourth-order valence-electron chi connectivity index (χ4n) is 9.89. The molecule has 0 saturated carbocycles. The molecule has 2 fully saturated rings. The molecule has 3 rings (SSSR count). The minimum absolute atomic E-state index is 0.227. The Morgan fingerprint density at radius 1 is 0.880 bits per heavy atom. The molecular formula is C52H84ClN7O22S. The first-order valence-electron chi connectivity index (χ1n) is 27.1. The number of phenols is 1. The number of ketones is 1. The zero-order valence-corrected chi connectivity index (χ0v) is 50.0. The highest BCUT2D eigenvalue weighted by Crippen LogP contribution is 2.41. The van der Waals surface area contributed by atoms with Gasteiger partial charge in [0.25, 0.3) is 0 Å². The summed E-state index contributed by atoms with van der Waals surface area (Å²) < 4.78 is 54.3. The van der Waals surface area contributed by atoms with Gasteiger partial charge in [-0.2, -0.15) is 8.42 Å². The fourth-order valence-corrected chi connectivity index (χ4v) is 10.6.